The van der Waals surface area contributed by atoms with Crippen LogP contribution in [0.15, 0.2) is 24.3 Å². The molecule has 0 atom stereocenters. The fourth-order valence-corrected chi connectivity index (χ4v) is 2.34. The Kier molecular flexibility index (Phi) is 9.11. The van der Waals surface area contributed by atoms with Crippen molar-refractivity contribution in [1.82, 2.24) is 0 Å². The number of hydrogen-bond donors (Lipinski definition) is 3. The van der Waals surface area contributed by atoms with Crippen molar-refractivity contribution < 1.29 is 14.7 Å². The van der Waals surface area contributed by atoms with Gasteiger partial charge in [0.05, 0.1) is 0 Å². The Morgan fingerprint density at radius 3 is 1.67 bits per heavy atom. The van der Waals surface area contributed by atoms with Crippen molar-refractivity contribution in [2.75, 3.05) is 0 Å². The molecule has 0 unspecified atom stereocenters. The summed E-state index contributed by atoms with van der Waals surface area (Å²) in [5.74, 6) is 0.338. The molecule has 0 spiro atoms. The quantitative estimate of drug-likeness (QED) is 0.781. The Hall–Kier alpha value is -2.04. The van der Waals surface area contributed by atoms with Crippen LogP contribution in [0.25, 0.3) is 0 Å². The van der Waals surface area contributed by atoms with E-state index in [9.17, 15) is 5.11 Å². The fourth-order valence-electron chi connectivity index (χ4n) is 2.34. The molecular weight excluding hydrogens is 268 g/mol. The molecule has 0 aliphatic heterocycles. The van der Waals surface area contributed by atoms with Gasteiger partial charge in [0.2, 0.25) is 0 Å². The van der Waals surface area contributed by atoms with Crippen LogP contribution in [0.1, 0.15) is 46.6 Å². The van der Waals surface area contributed by atoms with Crippen LogP contribution >= 0.6 is 0 Å². The topological polar surface area (TPSA) is 106 Å². The summed E-state index contributed by atoms with van der Waals surface area (Å²) in [5, 5.41) is 9.25. The summed E-state index contributed by atoms with van der Waals surface area (Å²) < 4.78 is 0. The molecule has 0 aliphatic carbocycles. The van der Waals surface area contributed by atoms with Crippen LogP contribution in [0, 0.1) is 5.41 Å². The number of rotatable bonds is 2. The zero-order valence-electron chi connectivity index (χ0n) is 13.6. The molecule has 0 aliphatic rings. The predicted molar refractivity (Wildman–Crippen MR) is 86.1 cm³/mol. The maximum absolute atomic E-state index is 9.25. The van der Waals surface area contributed by atoms with Crippen LogP contribution < -0.4 is 11.5 Å². The molecule has 0 saturated heterocycles. The van der Waals surface area contributed by atoms with Gasteiger partial charge >= 0.3 is 6.03 Å². The maximum Gasteiger partial charge on any atom is 0.309 e. The van der Waals surface area contributed by atoms with E-state index in [2.05, 4.69) is 46.1 Å². The molecule has 5 heteroatoms. The van der Waals surface area contributed by atoms with Crippen molar-refractivity contribution in [1.29, 1.82) is 0 Å². The zero-order chi connectivity index (χ0) is 17.3. The molecule has 0 fully saturated rings. The first-order valence-corrected chi connectivity index (χ1v) is 6.57. The number of phenolic OH excluding ortho intramolecular Hbond substituents is 1. The number of urea groups is 1. The Morgan fingerprint density at radius 1 is 1.05 bits per heavy atom. The van der Waals surface area contributed by atoms with Crippen LogP contribution in [-0.2, 0) is 10.2 Å². The van der Waals surface area contributed by atoms with Gasteiger partial charge in [0.1, 0.15) is 12.5 Å². The number of amides is 2. The minimum absolute atomic E-state index is 0.159. The maximum atomic E-state index is 9.25. The number of benzene rings is 1. The highest BCUT2D eigenvalue weighted by molar-refractivity contribution is 5.69. The molecule has 1 aromatic rings. The second kappa shape index (κ2) is 9.00. The van der Waals surface area contributed by atoms with Gasteiger partial charge in [-0.1, -0.05) is 46.8 Å². The first-order chi connectivity index (χ1) is 9.44. The Labute approximate surface area is 127 Å². The number of nitrogens with two attached hydrogens (primary N) is 2. The van der Waals surface area contributed by atoms with E-state index in [0.717, 1.165) is 6.42 Å². The molecule has 0 aromatic heterocycles. The zero-order valence-corrected chi connectivity index (χ0v) is 13.6. The van der Waals surface area contributed by atoms with E-state index in [1.54, 1.807) is 12.1 Å². The van der Waals surface area contributed by atoms with Gasteiger partial charge in [0.15, 0.2) is 0 Å². The van der Waals surface area contributed by atoms with Crippen molar-refractivity contribution in [3.8, 4) is 5.75 Å². The molecule has 21 heavy (non-hydrogen) atoms. The highest BCUT2D eigenvalue weighted by atomic mass is 16.3. The van der Waals surface area contributed by atoms with E-state index >= 15 is 0 Å². The number of hydrogen-bond acceptors (Lipinski definition) is 3. The molecule has 1 rings (SSSR count). The summed E-state index contributed by atoms with van der Waals surface area (Å²) >= 11 is 0. The molecule has 0 bridgehead atoms. The van der Waals surface area contributed by atoms with Crippen molar-refractivity contribution in [3.05, 3.63) is 29.8 Å². The van der Waals surface area contributed by atoms with Crippen molar-refractivity contribution in [3.63, 3.8) is 0 Å². The average molecular weight is 296 g/mol. The summed E-state index contributed by atoms with van der Waals surface area (Å²) in [4.78, 5) is 17.0. The van der Waals surface area contributed by atoms with Gasteiger partial charge in [-0.15, -0.1) is 0 Å². The minimum Gasteiger partial charge on any atom is -0.508 e. The lowest BCUT2D eigenvalue weighted by Gasteiger charge is -2.33. The summed E-state index contributed by atoms with van der Waals surface area (Å²) in [6.07, 6.45) is 1.13. The van der Waals surface area contributed by atoms with Gasteiger partial charge in [0.25, 0.3) is 0 Å². The molecule has 2 amide bonds. The number of carbonyl (C=O) groups is 2. The van der Waals surface area contributed by atoms with E-state index in [-0.39, 0.29) is 5.41 Å². The van der Waals surface area contributed by atoms with Crippen molar-refractivity contribution in [2.45, 2.75) is 46.5 Å². The highest BCUT2D eigenvalue weighted by Gasteiger charge is 2.26. The SMILES string of the molecule is C=O.CC(C)(C)CC(C)(C)c1ccc(O)cc1.NC(N)=O. The van der Waals surface area contributed by atoms with Gasteiger partial charge in [-0.05, 0) is 34.9 Å². The van der Waals surface area contributed by atoms with E-state index in [4.69, 9.17) is 9.59 Å². The van der Waals surface area contributed by atoms with E-state index in [1.165, 1.54) is 5.56 Å². The second-order valence-corrected chi connectivity index (χ2v) is 6.57. The third-order valence-electron chi connectivity index (χ3n) is 2.62. The lowest BCUT2D eigenvalue weighted by Crippen LogP contribution is -2.24. The molecule has 0 saturated carbocycles. The molecule has 5 N–H and O–H groups in total. The van der Waals surface area contributed by atoms with Crippen LogP contribution in [0.3, 0.4) is 0 Å². The van der Waals surface area contributed by atoms with E-state index in [0.29, 0.717) is 11.2 Å². The van der Waals surface area contributed by atoms with Crippen molar-refractivity contribution in [2.24, 2.45) is 16.9 Å². The van der Waals surface area contributed by atoms with E-state index in [1.807, 2.05) is 18.9 Å². The standard InChI is InChI=1S/C14H22O.CH4N2O.CH2O/c1-13(2,3)10-14(4,5)11-6-8-12(15)9-7-11;2-1(3)4;1-2/h6-9,15H,10H2,1-5H3;(H4,2,3,4);1H2. The first kappa shape index (κ1) is 21.3. The van der Waals surface area contributed by atoms with Crippen LogP contribution in [-0.4, -0.2) is 17.9 Å². The molecule has 0 radical (unpaired) electrons. The molecule has 5 nitrogen and oxygen atoms in total. The van der Waals surface area contributed by atoms with Gasteiger partial charge in [0, 0.05) is 0 Å². The van der Waals surface area contributed by atoms with Gasteiger partial charge < -0.3 is 21.4 Å². The lowest BCUT2D eigenvalue weighted by atomic mass is 9.72. The number of primary amides is 2. The minimum atomic E-state index is -0.833. The van der Waals surface area contributed by atoms with E-state index < -0.39 is 6.03 Å². The smallest absolute Gasteiger partial charge is 0.309 e. The Bertz CT molecular complexity index is 416. The number of phenols is 1. The van der Waals surface area contributed by atoms with Crippen LogP contribution in [0.5, 0.6) is 5.75 Å². The summed E-state index contributed by atoms with van der Waals surface area (Å²) in [5.41, 5.74) is 10.3. The lowest BCUT2D eigenvalue weighted by molar-refractivity contribution is -0.0980. The van der Waals surface area contributed by atoms with Crippen molar-refractivity contribution >= 4 is 12.8 Å². The second-order valence-electron chi connectivity index (χ2n) is 6.57. The predicted octanol–water partition coefficient (Wildman–Crippen LogP) is 2.94. The Morgan fingerprint density at radius 2 is 1.38 bits per heavy atom. The van der Waals surface area contributed by atoms with Crippen LogP contribution in [0.4, 0.5) is 4.79 Å². The highest BCUT2D eigenvalue weighted by Crippen LogP contribution is 2.36. The Balaban J connectivity index is 0. The molecular formula is C16H28N2O3. The normalized spacial score (nSPS) is 10.5. The third-order valence-corrected chi connectivity index (χ3v) is 2.62. The van der Waals surface area contributed by atoms with Gasteiger partial charge in [-0.3, -0.25) is 0 Å². The summed E-state index contributed by atoms with van der Waals surface area (Å²) in [6, 6.07) is 6.72. The molecule has 0 heterocycles. The number of carbonyl (C=O) groups excluding carboxylic acids is 2. The number of aromatic hydroxyl groups is 1. The van der Waals surface area contributed by atoms with Gasteiger partial charge in [-0.2, -0.15) is 0 Å². The first-order valence-electron chi connectivity index (χ1n) is 6.57. The average Bonchev–Trinajstić information content (AvgIpc) is 2.28. The van der Waals surface area contributed by atoms with Gasteiger partial charge in [-0.25, -0.2) is 4.79 Å². The monoisotopic (exact) mass is 296 g/mol. The largest absolute Gasteiger partial charge is 0.508 e. The third kappa shape index (κ3) is 11.5. The fraction of sp³-hybridized carbons (Fsp3) is 0.500. The molecule has 1 aromatic carbocycles. The summed E-state index contributed by atoms with van der Waals surface area (Å²) in [6.45, 7) is 13.3. The molecule has 120 valence electrons. The summed E-state index contributed by atoms with van der Waals surface area (Å²) in [7, 11) is 0. The van der Waals surface area contributed by atoms with Crippen LogP contribution in [0.2, 0.25) is 0 Å².